The van der Waals surface area contributed by atoms with Crippen LogP contribution in [0.2, 0.25) is 0 Å². The van der Waals surface area contributed by atoms with Gasteiger partial charge in [-0.3, -0.25) is 19.3 Å². The van der Waals surface area contributed by atoms with E-state index in [4.69, 9.17) is 14.2 Å². The van der Waals surface area contributed by atoms with E-state index in [2.05, 4.69) is 21.2 Å². The van der Waals surface area contributed by atoms with Crippen LogP contribution in [0.3, 0.4) is 0 Å². The number of hydrogen-bond acceptors (Lipinski definition) is 6. The summed E-state index contributed by atoms with van der Waals surface area (Å²) in [6.45, 7) is 0.773. The Morgan fingerprint density at radius 3 is 2.50 bits per heavy atom. The van der Waals surface area contributed by atoms with E-state index in [1.54, 1.807) is 54.6 Å². The number of amides is 3. The molecule has 2 aliphatic heterocycles. The summed E-state index contributed by atoms with van der Waals surface area (Å²) < 4.78 is 17.9. The third kappa shape index (κ3) is 5.42. The van der Waals surface area contributed by atoms with Crippen LogP contribution in [-0.2, 0) is 9.53 Å². The van der Waals surface area contributed by atoms with E-state index in [-0.39, 0.29) is 37.0 Å². The quantitative estimate of drug-likeness (QED) is 0.395. The van der Waals surface area contributed by atoms with Gasteiger partial charge in [-0.2, -0.15) is 0 Å². The number of halogens is 1. The van der Waals surface area contributed by atoms with Crippen LogP contribution < -0.4 is 14.8 Å². The summed E-state index contributed by atoms with van der Waals surface area (Å²) in [6, 6.07) is 18.9. The van der Waals surface area contributed by atoms with Gasteiger partial charge in [-0.25, -0.2) is 0 Å². The Hall–Kier alpha value is -3.69. The van der Waals surface area contributed by atoms with Gasteiger partial charge in [0.05, 0.1) is 23.8 Å². The summed E-state index contributed by atoms with van der Waals surface area (Å²) in [7, 11) is 0. The predicted molar refractivity (Wildman–Crippen MR) is 136 cm³/mol. The van der Waals surface area contributed by atoms with Crippen molar-refractivity contribution in [3.05, 3.63) is 82.3 Å². The molecule has 0 bridgehead atoms. The number of nitrogens with zero attached hydrogens (tertiary/aromatic N) is 1. The second kappa shape index (κ2) is 10.5. The average molecular weight is 551 g/mol. The summed E-state index contributed by atoms with van der Waals surface area (Å²) in [5, 5.41) is 2.77. The molecule has 3 aromatic carbocycles. The van der Waals surface area contributed by atoms with Gasteiger partial charge in [0.1, 0.15) is 17.2 Å². The van der Waals surface area contributed by atoms with Crippen molar-refractivity contribution in [2.45, 2.75) is 18.9 Å². The zero-order chi connectivity index (χ0) is 25.1. The first kappa shape index (κ1) is 24.0. The molecule has 1 saturated heterocycles. The molecule has 0 radical (unpaired) electrons. The fraction of sp³-hybridized carbons (Fsp3) is 0.222. The van der Waals surface area contributed by atoms with Gasteiger partial charge in [-0.05, 0) is 67.4 Å². The lowest BCUT2D eigenvalue weighted by Gasteiger charge is -2.17. The molecule has 1 fully saturated rings. The minimum absolute atomic E-state index is 0.110. The predicted octanol–water partition coefficient (Wildman–Crippen LogP) is 5.03. The lowest BCUT2D eigenvalue weighted by molar-refractivity contribution is -0.118. The first-order valence-electron chi connectivity index (χ1n) is 11.5. The van der Waals surface area contributed by atoms with E-state index in [1.807, 2.05) is 12.1 Å². The van der Waals surface area contributed by atoms with Crippen molar-refractivity contribution in [1.82, 2.24) is 4.90 Å². The van der Waals surface area contributed by atoms with E-state index >= 15 is 0 Å². The van der Waals surface area contributed by atoms with Gasteiger partial charge in [-0.15, -0.1) is 0 Å². The van der Waals surface area contributed by atoms with Crippen molar-refractivity contribution >= 4 is 39.3 Å². The van der Waals surface area contributed by atoms with Crippen LogP contribution in [0.15, 0.2) is 71.2 Å². The van der Waals surface area contributed by atoms with E-state index in [0.29, 0.717) is 40.7 Å². The summed E-state index contributed by atoms with van der Waals surface area (Å²) >= 11 is 3.35. The Morgan fingerprint density at radius 2 is 1.72 bits per heavy atom. The maximum absolute atomic E-state index is 12.9. The topological polar surface area (TPSA) is 94.2 Å². The Bertz CT molecular complexity index is 1300. The molecule has 0 saturated carbocycles. The van der Waals surface area contributed by atoms with Crippen LogP contribution in [0.25, 0.3) is 0 Å². The number of anilines is 1. The highest BCUT2D eigenvalue weighted by Gasteiger charge is 2.37. The number of fused-ring (bicyclic) bond motifs is 1. The Morgan fingerprint density at radius 1 is 0.972 bits per heavy atom. The lowest BCUT2D eigenvalue weighted by atomic mass is 10.1. The molecule has 9 heteroatoms. The van der Waals surface area contributed by atoms with Crippen LogP contribution in [0.5, 0.6) is 17.2 Å². The second-order valence-electron chi connectivity index (χ2n) is 8.48. The number of hydrogen-bond donors (Lipinski definition) is 1. The monoisotopic (exact) mass is 550 g/mol. The highest BCUT2D eigenvalue weighted by molar-refractivity contribution is 9.10. The van der Waals surface area contributed by atoms with Gasteiger partial charge in [0, 0.05) is 22.8 Å². The molecule has 5 rings (SSSR count). The lowest BCUT2D eigenvalue weighted by Crippen LogP contribution is -2.36. The molecular formula is C27H23BrN2O6. The minimum atomic E-state index is -0.345. The maximum Gasteiger partial charge on any atom is 0.262 e. The van der Waals surface area contributed by atoms with Crippen LogP contribution in [0.4, 0.5) is 5.69 Å². The van der Waals surface area contributed by atoms with Gasteiger partial charge in [0.25, 0.3) is 17.7 Å². The molecule has 3 amide bonds. The van der Waals surface area contributed by atoms with Crippen molar-refractivity contribution in [1.29, 1.82) is 0 Å². The highest BCUT2D eigenvalue weighted by Crippen LogP contribution is 2.31. The molecule has 36 heavy (non-hydrogen) atoms. The molecule has 1 atom stereocenters. The van der Waals surface area contributed by atoms with E-state index in [0.717, 1.165) is 17.3 Å². The van der Waals surface area contributed by atoms with Gasteiger partial charge < -0.3 is 19.5 Å². The number of nitrogens with one attached hydrogen (secondary N) is 1. The van der Waals surface area contributed by atoms with Gasteiger partial charge in [0.2, 0.25) is 0 Å². The molecule has 0 spiro atoms. The fourth-order valence-electron chi connectivity index (χ4n) is 4.14. The van der Waals surface area contributed by atoms with Crippen LogP contribution in [-0.4, -0.2) is 48.5 Å². The summed E-state index contributed by atoms with van der Waals surface area (Å²) in [6.07, 6.45) is 1.66. The Balaban J connectivity index is 1.21. The molecule has 1 N–H and O–H groups in total. The van der Waals surface area contributed by atoms with Gasteiger partial charge in [-0.1, -0.05) is 22.0 Å². The van der Waals surface area contributed by atoms with Crippen LogP contribution in [0.1, 0.15) is 33.6 Å². The standard InChI is InChI=1S/C27H23BrN2O6/c28-17-6-8-19(9-7-17)35-16-25(31)29-18-3-1-4-20(13-18)36-21-10-11-23-24(14-21)27(33)30(26(23)32)15-22-5-2-12-34-22/h1,3-4,6-11,13-14,22H,2,5,12,15-16H2,(H,29,31). The minimum Gasteiger partial charge on any atom is -0.484 e. The highest BCUT2D eigenvalue weighted by atomic mass is 79.9. The van der Waals surface area contributed by atoms with E-state index in [9.17, 15) is 14.4 Å². The molecule has 1 unspecified atom stereocenters. The Labute approximate surface area is 216 Å². The molecule has 0 aromatic heterocycles. The largest absolute Gasteiger partial charge is 0.484 e. The zero-order valence-electron chi connectivity index (χ0n) is 19.2. The number of rotatable bonds is 8. The molecular weight excluding hydrogens is 528 g/mol. The number of carbonyl (C=O) groups excluding carboxylic acids is 3. The van der Waals surface area contributed by atoms with Gasteiger partial charge in [0.15, 0.2) is 6.61 Å². The Kier molecular flexibility index (Phi) is 7.02. The van der Waals surface area contributed by atoms with Crippen molar-refractivity contribution < 1.29 is 28.6 Å². The van der Waals surface area contributed by atoms with Crippen molar-refractivity contribution in [3.8, 4) is 17.2 Å². The summed E-state index contributed by atoms with van der Waals surface area (Å²) in [4.78, 5) is 39.2. The molecule has 3 aromatic rings. The third-order valence-corrected chi connectivity index (χ3v) is 6.42. The normalized spacial score (nSPS) is 16.7. The van der Waals surface area contributed by atoms with E-state index < -0.39 is 0 Å². The van der Waals surface area contributed by atoms with Crippen molar-refractivity contribution in [3.63, 3.8) is 0 Å². The molecule has 184 valence electrons. The SMILES string of the molecule is O=C(COc1ccc(Br)cc1)Nc1cccc(Oc2ccc3c(c2)C(=O)N(CC2CCCO2)C3=O)c1. The number of benzene rings is 3. The van der Waals surface area contributed by atoms with E-state index in [1.165, 1.54) is 4.90 Å². The van der Waals surface area contributed by atoms with Crippen LogP contribution in [0, 0.1) is 0 Å². The van der Waals surface area contributed by atoms with Gasteiger partial charge >= 0.3 is 0 Å². The molecule has 2 heterocycles. The average Bonchev–Trinajstić information content (AvgIpc) is 3.47. The molecule has 0 aliphatic carbocycles. The zero-order valence-corrected chi connectivity index (χ0v) is 20.8. The van der Waals surface area contributed by atoms with Crippen molar-refractivity contribution in [2.24, 2.45) is 0 Å². The fourth-order valence-corrected chi connectivity index (χ4v) is 4.41. The third-order valence-electron chi connectivity index (χ3n) is 5.89. The summed E-state index contributed by atoms with van der Waals surface area (Å²) in [5.41, 5.74) is 1.20. The molecule has 2 aliphatic rings. The molecule has 8 nitrogen and oxygen atoms in total. The summed E-state index contributed by atoms with van der Waals surface area (Å²) in [5.74, 6) is 0.493. The van der Waals surface area contributed by atoms with Crippen molar-refractivity contribution in [2.75, 3.05) is 25.1 Å². The first-order valence-corrected chi connectivity index (χ1v) is 12.3. The smallest absolute Gasteiger partial charge is 0.262 e. The number of carbonyl (C=O) groups is 3. The second-order valence-corrected chi connectivity index (χ2v) is 9.40. The maximum atomic E-state index is 12.9. The number of ether oxygens (including phenoxy) is 3. The van der Waals surface area contributed by atoms with Crippen LogP contribution >= 0.6 is 15.9 Å². The first-order chi connectivity index (χ1) is 17.5. The number of imide groups is 1.